The van der Waals surface area contributed by atoms with E-state index in [2.05, 4.69) is 4.18 Å². The molecular formula is C9H18N2O5S. The minimum Gasteiger partial charge on any atom is -0.369 e. The number of carbonyl (C=O) groups excluding carboxylic acids is 1. The number of amides is 1. The smallest absolute Gasteiger partial charge is 0.369 e. The molecule has 0 aromatic rings. The van der Waals surface area contributed by atoms with Crippen LogP contribution in [-0.2, 0) is 23.7 Å². The number of nitrogens with two attached hydrogens (primary N) is 1. The Labute approximate surface area is 101 Å². The van der Waals surface area contributed by atoms with Crippen LogP contribution >= 0.6 is 0 Å². The highest BCUT2D eigenvalue weighted by atomic mass is 32.3. The number of primary amides is 1. The minimum absolute atomic E-state index is 0.00616. The van der Waals surface area contributed by atoms with E-state index in [1.165, 1.54) is 5.06 Å². The first kappa shape index (κ1) is 14.4. The molecule has 1 fully saturated rings. The molecule has 1 aliphatic rings. The Hall–Kier alpha value is -0.700. The van der Waals surface area contributed by atoms with Gasteiger partial charge in [-0.2, -0.15) is 17.8 Å². The van der Waals surface area contributed by atoms with Gasteiger partial charge in [-0.25, -0.2) is 4.18 Å². The number of hydroxylamine groups is 2. The molecule has 100 valence electrons. The summed E-state index contributed by atoms with van der Waals surface area (Å²) in [6.07, 6.45) is 1.43. The molecule has 0 aliphatic carbocycles. The van der Waals surface area contributed by atoms with Gasteiger partial charge < -0.3 is 5.73 Å². The first-order chi connectivity index (χ1) is 7.87. The van der Waals surface area contributed by atoms with Gasteiger partial charge >= 0.3 is 10.4 Å². The predicted octanol–water partition coefficient (Wildman–Crippen LogP) is -0.215. The molecule has 0 radical (unpaired) electrons. The summed E-state index contributed by atoms with van der Waals surface area (Å²) in [7, 11) is -4.03. The Bertz CT molecular complexity index is 370. The number of nitrogens with zero attached hydrogens (tertiary/aromatic N) is 1. The third kappa shape index (κ3) is 3.91. The van der Waals surface area contributed by atoms with Crippen molar-refractivity contribution in [3.8, 4) is 0 Å². The van der Waals surface area contributed by atoms with Crippen LogP contribution in [-0.4, -0.2) is 38.6 Å². The summed E-state index contributed by atoms with van der Waals surface area (Å²) in [5.41, 5.74) is 5.20. The Kier molecular flexibility index (Phi) is 4.87. The summed E-state index contributed by atoms with van der Waals surface area (Å²) in [5, 5.41) is 1.26. The van der Waals surface area contributed by atoms with Crippen molar-refractivity contribution >= 4 is 16.3 Å². The van der Waals surface area contributed by atoms with Gasteiger partial charge in [0.05, 0.1) is 12.5 Å². The lowest BCUT2D eigenvalue weighted by Gasteiger charge is -2.25. The van der Waals surface area contributed by atoms with E-state index in [0.29, 0.717) is 13.0 Å². The van der Waals surface area contributed by atoms with Gasteiger partial charge in [-0.05, 0) is 19.8 Å². The second kappa shape index (κ2) is 5.76. The third-order valence-corrected chi connectivity index (χ3v) is 3.62. The van der Waals surface area contributed by atoms with Crippen molar-refractivity contribution in [1.82, 2.24) is 5.06 Å². The van der Waals surface area contributed by atoms with E-state index < -0.39 is 22.2 Å². The molecule has 17 heavy (non-hydrogen) atoms. The zero-order valence-corrected chi connectivity index (χ0v) is 10.8. The molecule has 1 amide bonds. The minimum atomic E-state index is -4.03. The fraction of sp³-hybridized carbons (Fsp3) is 0.889. The zero-order chi connectivity index (χ0) is 13.1. The van der Waals surface area contributed by atoms with E-state index in [1.807, 2.05) is 0 Å². The van der Waals surface area contributed by atoms with Crippen LogP contribution in [0, 0.1) is 5.92 Å². The van der Waals surface area contributed by atoms with E-state index in [4.69, 9.17) is 10.0 Å². The highest BCUT2D eigenvalue weighted by molar-refractivity contribution is 7.81. The number of carbonyl (C=O) groups is 1. The lowest BCUT2D eigenvalue weighted by Crippen LogP contribution is -2.41. The van der Waals surface area contributed by atoms with Gasteiger partial charge in [0.2, 0.25) is 5.91 Å². The van der Waals surface area contributed by atoms with E-state index in [9.17, 15) is 13.2 Å². The van der Waals surface area contributed by atoms with E-state index in [1.54, 1.807) is 13.8 Å². The van der Waals surface area contributed by atoms with Crippen molar-refractivity contribution in [3.05, 3.63) is 0 Å². The van der Waals surface area contributed by atoms with Crippen LogP contribution in [0.15, 0.2) is 0 Å². The van der Waals surface area contributed by atoms with Crippen molar-refractivity contribution in [1.29, 1.82) is 0 Å². The SMILES string of the molecule is CCOS(=O)(=O)ON1CCCC1C(C)C(N)=O. The molecule has 0 spiro atoms. The zero-order valence-electron chi connectivity index (χ0n) is 9.96. The molecule has 8 heteroatoms. The van der Waals surface area contributed by atoms with Gasteiger partial charge in [0.15, 0.2) is 0 Å². The summed E-state index contributed by atoms with van der Waals surface area (Å²) >= 11 is 0. The lowest BCUT2D eigenvalue weighted by atomic mass is 10.0. The average Bonchev–Trinajstić information content (AvgIpc) is 2.63. The molecule has 0 aromatic heterocycles. The van der Waals surface area contributed by atoms with Crippen LogP contribution < -0.4 is 5.73 Å². The van der Waals surface area contributed by atoms with Crippen molar-refractivity contribution in [2.45, 2.75) is 32.7 Å². The van der Waals surface area contributed by atoms with Crippen LogP contribution in [0.1, 0.15) is 26.7 Å². The highest BCUT2D eigenvalue weighted by Crippen LogP contribution is 2.25. The summed E-state index contributed by atoms with van der Waals surface area (Å²) in [5.74, 6) is -0.936. The van der Waals surface area contributed by atoms with Gasteiger partial charge in [0, 0.05) is 12.6 Å². The first-order valence-electron chi connectivity index (χ1n) is 5.52. The summed E-state index contributed by atoms with van der Waals surface area (Å²) in [4.78, 5) is 11.1. The maximum atomic E-state index is 11.3. The maximum Gasteiger partial charge on any atom is 0.416 e. The third-order valence-electron chi connectivity index (χ3n) is 2.72. The summed E-state index contributed by atoms with van der Waals surface area (Å²) < 4.78 is 31.9. The van der Waals surface area contributed by atoms with Gasteiger partial charge in [0.25, 0.3) is 0 Å². The second-order valence-corrected chi connectivity index (χ2v) is 5.13. The molecule has 0 saturated carbocycles. The molecule has 2 unspecified atom stereocenters. The fourth-order valence-corrected chi connectivity index (χ4v) is 2.58. The van der Waals surface area contributed by atoms with Gasteiger partial charge in [-0.1, -0.05) is 6.92 Å². The number of hydrogen-bond acceptors (Lipinski definition) is 6. The Morgan fingerprint density at radius 3 is 2.76 bits per heavy atom. The second-order valence-electron chi connectivity index (χ2n) is 3.93. The molecule has 2 atom stereocenters. The van der Waals surface area contributed by atoms with Gasteiger partial charge in [-0.15, -0.1) is 0 Å². The van der Waals surface area contributed by atoms with E-state index in [0.717, 1.165) is 6.42 Å². The highest BCUT2D eigenvalue weighted by Gasteiger charge is 2.35. The first-order valence-corrected chi connectivity index (χ1v) is 6.85. The van der Waals surface area contributed by atoms with Crippen molar-refractivity contribution in [2.24, 2.45) is 11.7 Å². The molecule has 1 heterocycles. The van der Waals surface area contributed by atoms with E-state index >= 15 is 0 Å². The predicted molar refractivity (Wildman–Crippen MR) is 59.7 cm³/mol. The molecule has 0 aromatic carbocycles. The Morgan fingerprint density at radius 2 is 2.24 bits per heavy atom. The molecule has 0 bridgehead atoms. The van der Waals surface area contributed by atoms with Crippen LogP contribution in [0.25, 0.3) is 0 Å². The van der Waals surface area contributed by atoms with Crippen molar-refractivity contribution in [3.63, 3.8) is 0 Å². The van der Waals surface area contributed by atoms with Crippen LogP contribution in [0.4, 0.5) is 0 Å². The average molecular weight is 266 g/mol. The lowest BCUT2D eigenvalue weighted by molar-refractivity contribution is -0.131. The normalized spacial score (nSPS) is 23.8. The molecular weight excluding hydrogens is 248 g/mol. The Morgan fingerprint density at radius 1 is 1.59 bits per heavy atom. The van der Waals surface area contributed by atoms with E-state index in [-0.39, 0.29) is 12.6 Å². The number of hydrogen-bond donors (Lipinski definition) is 1. The molecule has 1 aliphatic heterocycles. The van der Waals surface area contributed by atoms with Gasteiger partial charge in [-0.3, -0.25) is 4.79 Å². The Balaban J connectivity index is 2.67. The van der Waals surface area contributed by atoms with Crippen molar-refractivity contribution < 1.29 is 21.7 Å². The molecule has 1 saturated heterocycles. The molecule has 7 nitrogen and oxygen atoms in total. The molecule has 1 rings (SSSR count). The fourth-order valence-electron chi connectivity index (χ4n) is 1.83. The van der Waals surface area contributed by atoms with Crippen LogP contribution in [0.2, 0.25) is 0 Å². The van der Waals surface area contributed by atoms with Crippen LogP contribution in [0.3, 0.4) is 0 Å². The largest absolute Gasteiger partial charge is 0.416 e. The standard InChI is InChI=1S/C9H18N2O5S/c1-3-15-17(13,14)16-11-6-4-5-8(11)7(2)9(10)12/h7-8H,3-6H2,1-2H3,(H2,10,12). The quantitative estimate of drug-likeness (QED) is 0.714. The van der Waals surface area contributed by atoms with Gasteiger partial charge in [0.1, 0.15) is 0 Å². The summed E-state index contributed by atoms with van der Waals surface area (Å²) in [6.45, 7) is 3.65. The monoisotopic (exact) mass is 266 g/mol. The van der Waals surface area contributed by atoms with Crippen molar-refractivity contribution in [2.75, 3.05) is 13.2 Å². The maximum absolute atomic E-state index is 11.3. The topological polar surface area (TPSA) is 98.9 Å². The number of rotatable bonds is 6. The molecule has 2 N–H and O–H groups in total. The summed E-state index contributed by atoms with van der Waals surface area (Å²) in [6, 6.07) is -0.317. The van der Waals surface area contributed by atoms with Crippen LogP contribution in [0.5, 0.6) is 0 Å².